The summed E-state index contributed by atoms with van der Waals surface area (Å²) in [6, 6.07) is 8.29. The second-order valence-corrected chi connectivity index (χ2v) is 6.08. The lowest BCUT2D eigenvalue weighted by molar-refractivity contribution is -0.0979. The molecule has 4 nitrogen and oxygen atoms in total. The Morgan fingerprint density at radius 2 is 1.79 bits per heavy atom. The van der Waals surface area contributed by atoms with Crippen LogP contribution in [0.15, 0.2) is 36.4 Å². The van der Waals surface area contributed by atoms with Gasteiger partial charge in [-0.2, -0.15) is 0 Å². The fraction of sp³-hybridized carbons (Fsp3) is 0.381. The van der Waals surface area contributed by atoms with Crippen molar-refractivity contribution in [3.05, 3.63) is 59.4 Å². The molecule has 2 aromatic carbocycles. The van der Waals surface area contributed by atoms with E-state index in [2.05, 4.69) is 17.6 Å². The van der Waals surface area contributed by atoms with Crippen LogP contribution in [0.3, 0.4) is 0 Å². The van der Waals surface area contributed by atoms with Gasteiger partial charge in [0.25, 0.3) is 0 Å². The number of aliphatic hydroxyl groups excluding tert-OH is 1. The van der Waals surface area contributed by atoms with E-state index in [1.54, 1.807) is 6.07 Å². The van der Waals surface area contributed by atoms with Gasteiger partial charge in [0, 0.05) is 14.2 Å². The summed E-state index contributed by atoms with van der Waals surface area (Å²) >= 11 is 0. The maximum Gasteiger partial charge on any atom is 0.182 e. The molecule has 0 amide bonds. The van der Waals surface area contributed by atoms with Crippen LogP contribution in [0.1, 0.15) is 26.8 Å². The molecule has 7 heteroatoms. The van der Waals surface area contributed by atoms with Crippen LogP contribution in [0.25, 0.3) is 0 Å². The molecule has 0 aliphatic carbocycles. The standard InChI is InChI=1S/C19H23F3N2.CH4O.CH2O.H2/c1-13(5-4-10-23-2)11-14-12-15(20)8-9-17(14)24-18-7-3-6-16(21)19(18)22;2*1-2;/h3,6-9,12-13,23-24H,4-5,10-11H2,1-2H3;2H,1H3;1H2;1H/t13-;;;/m0.../s1. The van der Waals surface area contributed by atoms with Gasteiger partial charge >= 0.3 is 0 Å². The molecule has 0 bridgehead atoms. The lowest BCUT2D eigenvalue weighted by Crippen LogP contribution is -2.10. The molecule has 3 N–H and O–H groups in total. The average Bonchev–Trinajstić information content (AvgIpc) is 2.70. The van der Waals surface area contributed by atoms with Gasteiger partial charge in [-0.1, -0.05) is 13.0 Å². The summed E-state index contributed by atoms with van der Waals surface area (Å²) < 4.78 is 40.8. The van der Waals surface area contributed by atoms with E-state index in [9.17, 15) is 13.2 Å². The third kappa shape index (κ3) is 8.54. The fourth-order valence-electron chi connectivity index (χ4n) is 2.70. The molecule has 0 aliphatic rings. The number of carbonyl (C=O) groups is 1. The summed E-state index contributed by atoms with van der Waals surface area (Å²) in [5.74, 6) is -1.82. The summed E-state index contributed by atoms with van der Waals surface area (Å²) in [4.78, 5) is 8.00. The Morgan fingerprint density at radius 1 is 1.11 bits per heavy atom. The first kappa shape index (κ1) is 25.6. The number of benzene rings is 2. The van der Waals surface area contributed by atoms with E-state index in [0.717, 1.165) is 38.1 Å². The minimum atomic E-state index is -0.935. The van der Waals surface area contributed by atoms with Gasteiger partial charge in [-0.15, -0.1) is 0 Å². The molecule has 2 aromatic rings. The third-order valence-electron chi connectivity index (χ3n) is 3.98. The van der Waals surface area contributed by atoms with Crippen molar-refractivity contribution in [3.63, 3.8) is 0 Å². The van der Waals surface area contributed by atoms with Gasteiger partial charge in [-0.05, 0) is 74.7 Å². The highest BCUT2D eigenvalue weighted by atomic mass is 19.2. The molecule has 2 rings (SSSR count). The summed E-state index contributed by atoms with van der Waals surface area (Å²) in [7, 11) is 2.91. The quantitative estimate of drug-likeness (QED) is 0.563. The topological polar surface area (TPSA) is 61.4 Å². The van der Waals surface area contributed by atoms with Crippen molar-refractivity contribution in [1.29, 1.82) is 0 Å². The van der Waals surface area contributed by atoms with Crippen molar-refractivity contribution in [1.82, 2.24) is 5.32 Å². The van der Waals surface area contributed by atoms with Crippen molar-refractivity contribution in [2.75, 3.05) is 26.0 Å². The van der Waals surface area contributed by atoms with Crippen LogP contribution in [0.5, 0.6) is 0 Å². The lowest BCUT2D eigenvalue weighted by atomic mass is 9.95. The van der Waals surface area contributed by atoms with Crippen LogP contribution in [-0.4, -0.2) is 32.6 Å². The van der Waals surface area contributed by atoms with Crippen molar-refractivity contribution >= 4 is 18.2 Å². The number of rotatable bonds is 8. The second kappa shape index (κ2) is 14.6. The van der Waals surface area contributed by atoms with Gasteiger partial charge in [-0.25, -0.2) is 13.2 Å². The van der Waals surface area contributed by atoms with Crippen LogP contribution in [0.2, 0.25) is 0 Å². The lowest BCUT2D eigenvalue weighted by Gasteiger charge is -2.17. The summed E-state index contributed by atoms with van der Waals surface area (Å²) in [5.41, 5.74) is 1.41. The van der Waals surface area contributed by atoms with E-state index in [0.29, 0.717) is 18.0 Å². The molecule has 158 valence electrons. The number of anilines is 2. The molecule has 1 atom stereocenters. The molecular weight excluding hydrogens is 369 g/mol. The van der Waals surface area contributed by atoms with Gasteiger partial charge in [0.05, 0.1) is 5.69 Å². The van der Waals surface area contributed by atoms with E-state index in [1.165, 1.54) is 24.3 Å². The van der Waals surface area contributed by atoms with E-state index in [-0.39, 0.29) is 12.9 Å². The predicted molar refractivity (Wildman–Crippen MR) is 109 cm³/mol. The van der Waals surface area contributed by atoms with Crippen LogP contribution in [-0.2, 0) is 11.2 Å². The first-order valence-corrected chi connectivity index (χ1v) is 8.89. The van der Waals surface area contributed by atoms with Crippen molar-refractivity contribution in [3.8, 4) is 0 Å². The maximum atomic E-state index is 13.8. The van der Waals surface area contributed by atoms with Crippen molar-refractivity contribution < 1.29 is 24.5 Å². The Bertz CT molecular complexity index is 706. The van der Waals surface area contributed by atoms with E-state index < -0.39 is 11.6 Å². The second-order valence-electron chi connectivity index (χ2n) is 6.08. The molecule has 0 aromatic heterocycles. The number of nitrogens with one attached hydrogen (secondary N) is 2. The van der Waals surface area contributed by atoms with Crippen LogP contribution < -0.4 is 10.6 Å². The van der Waals surface area contributed by atoms with Crippen molar-refractivity contribution in [2.45, 2.75) is 26.2 Å². The Hall–Kier alpha value is -2.38. The normalized spacial score (nSPS) is 10.8. The highest BCUT2D eigenvalue weighted by molar-refractivity contribution is 5.63. The van der Waals surface area contributed by atoms with Gasteiger partial charge in [0.15, 0.2) is 11.6 Å². The largest absolute Gasteiger partial charge is 0.400 e. The molecule has 0 heterocycles. The smallest absolute Gasteiger partial charge is 0.182 e. The number of hydrogen-bond acceptors (Lipinski definition) is 4. The Kier molecular flexibility index (Phi) is 13.4. The molecule has 0 radical (unpaired) electrons. The van der Waals surface area contributed by atoms with Gasteiger partial charge in [-0.3, -0.25) is 0 Å². The molecule has 0 saturated carbocycles. The molecule has 0 saturated heterocycles. The molecule has 0 spiro atoms. The van der Waals surface area contributed by atoms with Gasteiger partial charge < -0.3 is 20.5 Å². The number of halogens is 3. The average molecular weight is 400 g/mol. The summed E-state index contributed by atoms with van der Waals surface area (Å²) in [5, 5.41) is 13.0. The first-order valence-electron chi connectivity index (χ1n) is 8.89. The first-order chi connectivity index (χ1) is 13.5. The zero-order valence-electron chi connectivity index (χ0n) is 16.6. The Balaban J connectivity index is 0. The SMILES string of the molecule is C=O.CNCCC[C@H](C)Cc1cc(F)ccc1Nc1cccc(F)c1F.CO.[HH]. The molecular formula is C21H31F3N2O2. The molecule has 0 fully saturated rings. The van der Waals surface area contributed by atoms with Gasteiger partial charge in [0.1, 0.15) is 12.6 Å². The third-order valence-corrected chi connectivity index (χ3v) is 3.98. The fourth-order valence-corrected chi connectivity index (χ4v) is 2.70. The number of hydrogen-bond donors (Lipinski definition) is 3. The van der Waals surface area contributed by atoms with Crippen molar-refractivity contribution in [2.24, 2.45) is 5.92 Å². The zero-order chi connectivity index (χ0) is 21.5. The van der Waals surface area contributed by atoms with E-state index >= 15 is 0 Å². The van der Waals surface area contributed by atoms with E-state index in [4.69, 9.17) is 9.90 Å². The minimum absolute atomic E-state index is 0. The van der Waals surface area contributed by atoms with Crippen LogP contribution in [0, 0.1) is 23.4 Å². The monoisotopic (exact) mass is 400 g/mol. The summed E-state index contributed by atoms with van der Waals surface area (Å²) in [6.07, 6.45) is 2.71. The van der Waals surface area contributed by atoms with Gasteiger partial charge in [0.2, 0.25) is 0 Å². The molecule has 28 heavy (non-hydrogen) atoms. The molecule has 0 unspecified atom stereocenters. The zero-order valence-corrected chi connectivity index (χ0v) is 16.6. The summed E-state index contributed by atoms with van der Waals surface area (Å²) in [6.45, 7) is 5.04. The van der Waals surface area contributed by atoms with E-state index in [1.807, 2.05) is 13.8 Å². The number of carbonyl (C=O) groups excluding carboxylic acids is 1. The predicted octanol–water partition coefficient (Wildman–Crippen LogP) is 4.70. The molecule has 0 aliphatic heterocycles. The van der Waals surface area contributed by atoms with Crippen LogP contribution >= 0.6 is 0 Å². The Morgan fingerprint density at radius 3 is 2.43 bits per heavy atom. The highest BCUT2D eigenvalue weighted by Crippen LogP contribution is 2.27. The highest BCUT2D eigenvalue weighted by Gasteiger charge is 2.12. The number of aliphatic hydroxyl groups is 1. The maximum absolute atomic E-state index is 13.8. The minimum Gasteiger partial charge on any atom is -0.400 e. The van der Waals surface area contributed by atoms with Crippen LogP contribution in [0.4, 0.5) is 24.5 Å². The Labute approximate surface area is 166 Å².